The van der Waals surface area contributed by atoms with Gasteiger partial charge in [0.25, 0.3) is 13.9 Å². The third-order valence-corrected chi connectivity index (χ3v) is 20.1. The van der Waals surface area contributed by atoms with E-state index < -0.39 is 60.1 Å². The zero-order chi connectivity index (χ0) is 48.8. The Balaban J connectivity index is 0.963. The molecule has 0 aliphatic carbocycles. The first-order chi connectivity index (χ1) is 33.1. The highest BCUT2D eigenvalue weighted by Gasteiger charge is 2.52. The topological polar surface area (TPSA) is 176 Å². The molecule has 1 amide bonds. The van der Waals surface area contributed by atoms with Gasteiger partial charge in [-0.1, -0.05) is 130 Å². The molecule has 364 valence electrons. The number of fused-ring (bicyclic) bond motifs is 1. The minimum absolute atomic E-state index is 0.0189. The maximum absolute atomic E-state index is 13.7. The van der Waals surface area contributed by atoms with E-state index in [9.17, 15) is 27.6 Å². The number of carbonyl (C=O) groups is 2. The van der Waals surface area contributed by atoms with Crippen molar-refractivity contribution in [1.82, 2.24) is 19.4 Å². The molecule has 2 fully saturated rings. The molecule has 4 atom stereocenters. The van der Waals surface area contributed by atoms with Crippen LogP contribution < -0.4 is 21.6 Å². The summed E-state index contributed by atoms with van der Waals surface area (Å²) in [5, 5.41) is 1.75. The number of aromatic nitrogens is 2. The summed E-state index contributed by atoms with van der Waals surface area (Å²) in [5.41, 5.74) is 0.753. The lowest BCUT2D eigenvalue weighted by atomic mass is 10.0. The molecule has 0 spiro atoms. The lowest BCUT2D eigenvalue weighted by Gasteiger charge is -2.43. The van der Waals surface area contributed by atoms with E-state index in [-0.39, 0.29) is 47.1 Å². The van der Waals surface area contributed by atoms with Crippen molar-refractivity contribution in [2.75, 3.05) is 39.5 Å². The molecule has 5 aromatic rings. The van der Waals surface area contributed by atoms with Gasteiger partial charge in [0.15, 0.2) is 0 Å². The highest BCUT2D eigenvalue weighted by Crippen LogP contribution is 2.39. The van der Waals surface area contributed by atoms with Crippen LogP contribution in [0.25, 0.3) is 6.08 Å². The van der Waals surface area contributed by atoms with Gasteiger partial charge in [-0.25, -0.2) is 22.8 Å². The molecule has 4 heterocycles. The number of aryl methyl sites for hydroxylation is 1. The van der Waals surface area contributed by atoms with Crippen molar-refractivity contribution in [3.05, 3.63) is 164 Å². The quantitative estimate of drug-likeness (QED) is 0.0835. The summed E-state index contributed by atoms with van der Waals surface area (Å²) in [5.74, 6) is 0. The number of hydrogen-bond acceptors (Lipinski definition) is 12. The zero-order valence-corrected chi connectivity index (χ0v) is 41.3. The molecule has 3 aliphatic heterocycles. The number of carbonyl (C=O) groups excluding carboxylic acids is 2. The summed E-state index contributed by atoms with van der Waals surface area (Å²) in [6.45, 7) is 9.35. The molecule has 1 aromatic heterocycles. The van der Waals surface area contributed by atoms with Gasteiger partial charge < -0.3 is 28.3 Å². The van der Waals surface area contributed by atoms with E-state index in [2.05, 4.69) is 54.9 Å². The number of likely N-dealkylation sites (tertiary alicyclic amines) is 1. The first kappa shape index (κ1) is 49.3. The Kier molecular flexibility index (Phi) is 15.2. The van der Waals surface area contributed by atoms with Crippen molar-refractivity contribution < 1.29 is 41.4 Å². The normalized spacial score (nSPS) is 20.0. The maximum Gasteiger partial charge on any atom is 0.508 e. The Morgan fingerprint density at radius 3 is 2.19 bits per heavy atom. The largest absolute Gasteiger partial charge is 0.508 e. The van der Waals surface area contributed by atoms with E-state index in [1.807, 2.05) is 66.7 Å². The number of piperidine rings is 1. The maximum atomic E-state index is 13.7. The molecular formula is C52H60N4O11SSi. The summed E-state index contributed by atoms with van der Waals surface area (Å²) in [7, 11) is -6.83. The lowest BCUT2D eigenvalue weighted by molar-refractivity contribution is -0.0554. The van der Waals surface area contributed by atoms with Crippen LogP contribution in [0.3, 0.4) is 0 Å². The van der Waals surface area contributed by atoms with Crippen LogP contribution in [0, 0.1) is 6.92 Å². The number of nitrogens with one attached hydrogen (secondary N) is 1. The minimum atomic E-state index is -3.76. The van der Waals surface area contributed by atoms with Crippen LogP contribution in [0.1, 0.15) is 69.4 Å². The van der Waals surface area contributed by atoms with Gasteiger partial charge in [0.2, 0.25) is 9.84 Å². The van der Waals surface area contributed by atoms with Gasteiger partial charge >= 0.3 is 17.9 Å². The lowest BCUT2D eigenvalue weighted by Crippen LogP contribution is -2.67. The number of rotatable bonds is 16. The van der Waals surface area contributed by atoms with E-state index in [1.165, 1.54) is 10.8 Å². The summed E-state index contributed by atoms with van der Waals surface area (Å²) >= 11 is 0. The van der Waals surface area contributed by atoms with Crippen molar-refractivity contribution >= 4 is 46.9 Å². The summed E-state index contributed by atoms with van der Waals surface area (Å²) < 4.78 is 58.9. The van der Waals surface area contributed by atoms with Crippen LogP contribution in [0.15, 0.2) is 141 Å². The van der Waals surface area contributed by atoms with E-state index in [4.69, 9.17) is 23.4 Å². The Labute approximate surface area is 403 Å². The van der Waals surface area contributed by atoms with Crippen LogP contribution in [0.4, 0.5) is 9.59 Å². The number of aromatic amines is 1. The summed E-state index contributed by atoms with van der Waals surface area (Å²) in [6.07, 6.45) is 1.32. The van der Waals surface area contributed by atoms with Crippen molar-refractivity contribution in [3.8, 4) is 0 Å². The fraction of sp³-hybridized carbons (Fsp3) is 0.385. The minimum Gasteiger partial charge on any atom is -0.444 e. The van der Waals surface area contributed by atoms with E-state index in [1.54, 1.807) is 42.2 Å². The fourth-order valence-electron chi connectivity index (χ4n) is 9.71. The Bertz CT molecular complexity index is 2810. The van der Waals surface area contributed by atoms with Gasteiger partial charge in [-0.3, -0.25) is 19.2 Å². The number of ether oxygens (including phenoxy) is 4. The third-order valence-electron chi connectivity index (χ3n) is 13.2. The van der Waals surface area contributed by atoms with Crippen molar-refractivity contribution in [1.29, 1.82) is 0 Å². The molecule has 8 rings (SSSR count). The number of hydrogen-bond donors (Lipinski definition) is 1. The first-order valence-corrected chi connectivity index (χ1v) is 26.8. The first-order valence-electron chi connectivity index (χ1n) is 23.4. The number of H-pyrrole nitrogens is 1. The van der Waals surface area contributed by atoms with E-state index in [0.29, 0.717) is 43.7 Å². The van der Waals surface area contributed by atoms with Crippen LogP contribution in [0.2, 0.25) is 5.04 Å². The van der Waals surface area contributed by atoms with Crippen LogP contribution >= 0.6 is 0 Å². The zero-order valence-electron chi connectivity index (χ0n) is 39.5. The molecule has 2 saturated heterocycles. The molecule has 1 N–H and O–H groups in total. The molecule has 1 unspecified atom stereocenters. The fourth-order valence-corrected chi connectivity index (χ4v) is 15.8. The molecule has 69 heavy (non-hydrogen) atoms. The van der Waals surface area contributed by atoms with Gasteiger partial charge in [-0.2, -0.15) is 0 Å². The van der Waals surface area contributed by atoms with Crippen molar-refractivity contribution in [3.63, 3.8) is 0 Å². The van der Waals surface area contributed by atoms with Gasteiger partial charge in [0.05, 0.1) is 16.4 Å². The number of benzene rings is 4. The van der Waals surface area contributed by atoms with E-state index >= 15 is 0 Å². The second-order valence-corrected chi connectivity index (χ2v) is 25.1. The van der Waals surface area contributed by atoms with Crippen LogP contribution in [-0.2, 0) is 39.8 Å². The molecule has 4 aromatic carbocycles. The molecule has 17 heteroatoms. The molecule has 3 aliphatic rings. The Morgan fingerprint density at radius 1 is 0.870 bits per heavy atom. The third kappa shape index (κ3) is 11.0. The smallest absolute Gasteiger partial charge is 0.444 e. The number of amides is 1. The SMILES string of the molecule is Cc1cn([C@H]2C[C@H](OC(=O)OCCN(Cc3ccccc3)CC3CCCCN3C(=O)OCC3=Cc4ccccc4S3(=O)=O)[C@@H](CO[Si](c3ccccc3)(c3ccccc3)C(C)(C)C)O2)c(=O)[nH]c1=O. The summed E-state index contributed by atoms with van der Waals surface area (Å²) in [4.78, 5) is 59.3. The summed E-state index contributed by atoms with van der Waals surface area (Å²) in [6, 6.07) is 36.5. The average Bonchev–Trinajstić information content (AvgIpc) is 3.85. The van der Waals surface area contributed by atoms with Crippen molar-refractivity contribution in [2.45, 2.75) is 94.3 Å². The highest BCUT2D eigenvalue weighted by atomic mass is 32.2. The van der Waals surface area contributed by atoms with Crippen LogP contribution in [0.5, 0.6) is 0 Å². The molecule has 15 nitrogen and oxygen atoms in total. The van der Waals surface area contributed by atoms with Gasteiger partial charge in [-0.15, -0.1) is 0 Å². The highest BCUT2D eigenvalue weighted by molar-refractivity contribution is 7.95. The van der Waals surface area contributed by atoms with Gasteiger partial charge in [0.1, 0.15) is 31.6 Å². The van der Waals surface area contributed by atoms with Gasteiger partial charge in [0, 0.05) is 50.4 Å². The van der Waals surface area contributed by atoms with Crippen LogP contribution in [-0.4, -0.2) is 106 Å². The Morgan fingerprint density at radius 2 is 1.52 bits per heavy atom. The second kappa shape index (κ2) is 21.3. The standard InChI is InChI=1S/C52H60N4O11SSi/c1-37-32-56(49(58)53-48(37)57)47-31-44(45(66-47)36-65-69(52(2,3)4,42-22-10-6-11-23-42)43-24-12-7-13-25-43)67-51(60)63-29-28-54(33-38-18-8-5-9-19-38)34-40-21-16-17-27-55(40)50(59)64-35-41-30-39-20-14-15-26-46(39)68(41,61)62/h5-15,18-20,22-26,30,32,40,44-45,47H,16-17,21,27-29,31,33-36H2,1-4H3,(H,53,57,58)/t40?,44-,45+,47+/m0/s1. The average molecular weight is 977 g/mol. The second-order valence-electron chi connectivity index (χ2n) is 18.8. The number of nitrogens with zero attached hydrogens (tertiary/aromatic N) is 3. The molecular weight excluding hydrogens is 917 g/mol. The predicted molar refractivity (Wildman–Crippen MR) is 263 cm³/mol. The monoisotopic (exact) mass is 976 g/mol. The van der Waals surface area contributed by atoms with Gasteiger partial charge in [-0.05, 0) is 64.9 Å². The molecule has 0 bridgehead atoms. The van der Waals surface area contributed by atoms with Crippen molar-refractivity contribution in [2.24, 2.45) is 0 Å². The Hall–Kier alpha value is -6.11. The molecule has 0 saturated carbocycles. The van der Waals surface area contributed by atoms with E-state index in [0.717, 1.165) is 28.8 Å². The number of sulfone groups is 1. The molecule has 0 radical (unpaired) electrons. The predicted octanol–water partition coefficient (Wildman–Crippen LogP) is 6.55.